The van der Waals surface area contributed by atoms with Crippen LogP contribution in [-0.2, 0) is 6.42 Å². The molecule has 3 heterocycles. The summed E-state index contributed by atoms with van der Waals surface area (Å²) in [5.74, 6) is 2.09. The maximum absolute atomic E-state index is 4.76. The van der Waals surface area contributed by atoms with Gasteiger partial charge < -0.3 is 10.2 Å². The van der Waals surface area contributed by atoms with E-state index >= 15 is 0 Å². The number of rotatable bonds is 3. The zero-order valence-electron chi connectivity index (χ0n) is 12.8. The average molecular weight is 274 g/mol. The fourth-order valence-corrected chi connectivity index (χ4v) is 3.74. The van der Waals surface area contributed by atoms with Crippen molar-refractivity contribution in [3.8, 4) is 0 Å². The van der Waals surface area contributed by atoms with Crippen molar-refractivity contribution in [2.24, 2.45) is 5.41 Å². The summed E-state index contributed by atoms with van der Waals surface area (Å²) in [4.78, 5) is 11.7. The molecule has 0 radical (unpaired) electrons. The van der Waals surface area contributed by atoms with E-state index in [2.05, 4.69) is 22.1 Å². The summed E-state index contributed by atoms with van der Waals surface area (Å²) < 4.78 is 0. The molecule has 1 spiro atoms. The highest BCUT2D eigenvalue weighted by atomic mass is 15.2. The second-order valence-corrected chi connectivity index (χ2v) is 6.47. The van der Waals surface area contributed by atoms with Crippen LogP contribution in [0.3, 0.4) is 0 Å². The maximum atomic E-state index is 4.76. The van der Waals surface area contributed by atoms with E-state index in [-0.39, 0.29) is 0 Å². The van der Waals surface area contributed by atoms with Crippen LogP contribution in [0, 0.1) is 12.3 Å². The van der Waals surface area contributed by atoms with Crippen LogP contribution in [0.15, 0.2) is 6.20 Å². The van der Waals surface area contributed by atoms with Gasteiger partial charge in [-0.05, 0) is 39.2 Å². The van der Waals surface area contributed by atoms with Gasteiger partial charge >= 0.3 is 0 Å². The van der Waals surface area contributed by atoms with Crippen molar-refractivity contribution in [3.63, 3.8) is 0 Å². The van der Waals surface area contributed by atoms with Crippen LogP contribution in [0.2, 0.25) is 0 Å². The van der Waals surface area contributed by atoms with E-state index in [9.17, 15) is 0 Å². The highest BCUT2D eigenvalue weighted by Gasteiger charge is 2.38. The van der Waals surface area contributed by atoms with E-state index in [1.807, 2.05) is 13.1 Å². The summed E-state index contributed by atoms with van der Waals surface area (Å²) in [6.45, 7) is 8.88. The zero-order chi connectivity index (χ0) is 14.0. The fourth-order valence-electron chi connectivity index (χ4n) is 3.74. The molecule has 0 saturated carbocycles. The van der Waals surface area contributed by atoms with E-state index in [0.29, 0.717) is 5.41 Å². The number of hydrogen-bond acceptors (Lipinski definition) is 4. The topological polar surface area (TPSA) is 41.1 Å². The molecule has 0 aromatic carbocycles. The summed E-state index contributed by atoms with van der Waals surface area (Å²) in [6.07, 6.45) is 8.24. The number of nitrogens with one attached hydrogen (secondary N) is 1. The van der Waals surface area contributed by atoms with Gasteiger partial charge in [0.15, 0.2) is 0 Å². The van der Waals surface area contributed by atoms with Crippen LogP contribution in [0.1, 0.15) is 44.0 Å². The minimum Gasteiger partial charge on any atom is -0.356 e. The molecule has 0 amide bonds. The van der Waals surface area contributed by atoms with Crippen LogP contribution in [-0.4, -0.2) is 36.1 Å². The monoisotopic (exact) mass is 274 g/mol. The second kappa shape index (κ2) is 5.68. The summed E-state index contributed by atoms with van der Waals surface area (Å²) in [5.41, 5.74) is 1.81. The Morgan fingerprint density at radius 3 is 3.05 bits per heavy atom. The van der Waals surface area contributed by atoms with Gasteiger partial charge in [-0.3, -0.25) is 0 Å². The van der Waals surface area contributed by atoms with Crippen LogP contribution in [0.4, 0.5) is 5.82 Å². The molecule has 1 atom stereocenters. The average Bonchev–Trinajstić information content (AvgIpc) is 2.89. The molecule has 4 nitrogen and oxygen atoms in total. The smallest absolute Gasteiger partial charge is 0.135 e. The van der Waals surface area contributed by atoms with Crippen LogP contribution in [0.5, 0.6) is 0 Å². The number of nitrogens with zero attached hydrogens (tertiary/aromatic N) is 3. The molecule has 1 aromatic heterocycles. The second-order valence-electron chi connectivity index (χ2n) is 6.47. The van der Waals surface area contributed by atoms with Crippen molar-refractivity contribution < 1.29 is 0 Å². The third-order valence-corrected chi connectivity index (χ3v) is 4.77. The lowest BCUT2D eigenvalue weighted by Crippen LogP contribution is -2.45. The molecule has 2 fully saturated rings. The van der Waals surface area contributed by atoms with E-state index in [1.165, 1.54) is 43.7 Å². The molecule has 1 N–H and O–H groups in total. The Balaban J connectivity index is 1.85. The SMILES string of the molecule is CCCc1cnc(C)nc1N1CCC[C@]2(CCNC2)C1. The highest BCUT2D eigenvalue weighted by Crippen LogP contribution is 2.37. The Bertz CT molecular complexity index is 466. The van der Waals surface area contributed by atoms with Crippen molar-refractivity contribution in [1.29, 1.82) is 0 Å². The van der Waals surface area contributed by atoms with E-state index in [0.717, 1.165) is 31.8 Å². The first-order valence-corrected chi connectivity index (χ1v) is 8.01. The van der Waals surface area contributed by atoms with E-state index in [1.54, 1.807) is 0 Å². The third-order valence-electron chi connectivity index (χ3n) is 4.77. The number of aromatic nitrogens is 2. The molecule has 2 aliphatic rings. The van der Waals surface area contributed by atoms with Crippen LogP contribution < -0.4 is 10.2 Å². The van der Waals surface area contributed by atoms with Crippen molar-refractivity contribution in [1.82, 2.24) is 15.3 Å². The molecule has 2 aliphatic heterocycles. The lowest BCUT2D eigenvalue weighted by Gasteiger charge is -2.41. The molecule has 110 valence electrons. The lowest BCUT2D eigenvalue weighted by atomic mass is 9.79. The van der Waals surface area contributed by atoms with Crippen molar-refractivity contribution in [2.45, 2.75) is 46.0 Å². The minimum absolute atomic E-state index is 0.487. The molecule has 0 unspecified atom stereocenters. The van der Waals surface area contributed by atoms with Gasteiger partial charge in [-0.15, -0.1) is 0 Å². The van der Waals surface area contributed by atoms with Gasteiger partial charge in [-0.2, -0.15) is 0 Å². The normalized spacial score (nSPS) is 26.4. The Labute approximate surface area is 122 Å². The Kier molecular flexibility index (Phi) is 3.92. The maximum Gasteiger partial charge on any atom is 0.135 e. The fraction of sp³-hybridized carbons (Fsp3) is 0.750. The van der Waals surface area contributed by atoms with Crippen LogP contribution >= 0.6 is 0 Å². The molecular weight excluding hydrogens is 248 g/mol. The van der Waals surface area contributed by atoms with Crippen LogP contribution in [0.25, 0.3) is 0 Å². The summed E-state index contributed by atoms with van der Waals surface area (Å²) in [6, 6.07) is 0. The number of piperidine rings is 1. The molecule has 0 bridgehead atoms. The lowest BCUT2D eigenvalue weighted by molar-refractivity contribution is 0.259. The predicted molar refractivity (Wildman–Crippen MR) is 82.1 cm³/mol. The molecule has 2 saturated heterocycles. The molecular formula is C16H26N4. The summed E-state index contributed by atoms with van der Waals surface area (Å²) in [5, 5.41) is 3.55. The summed E-state index contributed by atoms with van der Waals surface area (Å²) >= 11 is 0. The summed E-state index contributed by atoms with van der Waals surface area (Å²) in [7, 11) is 0. The number of aryl methyl sites for hydroxylation is 2. The molecule has 20 heavy (non-hydrogen) atoms. The van der Waals surface area contributed by atoms with E-state index in [4.69, 9.17) is 4.98 Å². The van der Waals surface area contributed by atoms with Gasteiger partial charge in [0.1, 0.15) is 11.6 Å². The Morgan fingerprint density at radius 1 is 1.40 bits per heavy atom. The first-order valence-electron chi connectivity index (χ1n) is 8.01. The van der Waals surface area contributed by atoms with Gasteiger partial charge in [-0.1, -0.05) is 13.3 Å². The van der Waals surface area contributed by atoms with Gasteiger partial charge in [0, 0.05) is 36.8 Å². The first-order chi connectivity index (χ1) is 9.72. The predicted octanol–water partition coefficient (Wildman–Crippen LogP) is 2.32. The molecule has 3 rings (SSSR count). The minimum atomic E-state index is 0.487. The number of anilines is 1. The van der Waals surface area contributed by atoms with E-state index < -0.39 is 0 Å². The van der Waals surface area contributed by atoms with Gasteiger partial charge in [0.25, 0.3) is 0 Å². The Morgan fingerprint density at radius 2 is 2.30 bits per heavy atom. The number of hydrogen-bond donors (Lipinski definition) is 1. The van der Waals surface area contributed by atoms with Crippen molar-refractivity contribution in [2.75, 3.05) is 31.1 Å². The zero-order valence-corrected chi connectivity index (χ0v) is 12.8. The first kappa shape index (κ1) is 13.8. The van der Waals surface area contributed by atoms with Gasteiger partial charge in [-0.25, -0.2) is 9.97 Å². The van der Waals surface area contributed by atoms with Gasteiger partial charge in [0.05, 0.1) is 0 Å². The third kappa shape index (κ3) is 2.66. The Hall–Kier alpha value is -1.16. The van der Waals surface area contributed by atoms with Crippen molar-refractivity contribution >= 4 is 5.82 Å². The standard InChI is InChI=1S/C16H26N4/c1-3-5-14-10-18-13(2)19-15(14)20-9-4-6-16(12-20)7-8-17-11-16/h10,17H,3-9,11-12H2,1-2H3/t16-/m1/s1. The molecule has 1 aromatic rings. The van der Waals surface area contributed by atoms with Crippen molar-refractivity contribution in [3.05, 3.63) is 17.6 Å². The molecule has 4 heteroatoms. The quantitative estimate of drug-likeness (QED) is 0.918. The largest absolute Gasteiger partial charge is 0.356 e. The van der Waals surface area contributed by atoms with Gasteiger partial charge in [0.2, 0.25) is 0 Å². The highest BCUT2D eigenvalue weighted by molar-refractivity contribution is 5.47. The molecule has 0 aliphatic carbocycles.